The minimum absolute atomic E-state index is 0.0882. The summed E-state index contributed by atoms with van der Waals surface area (Å²) >= 11 is 6.31. The SMILES string of the molecule is CN(CC(c1ccccc1Cl)N1CCC(F)(F)C1)C(=O)C[C@H](N)Cc1cc(F)c(F)cc1F. The molecular weight excluding hydrogens is 465 g/mol. The van der Waals surface area contributed by atoms with Crippen molar-refractivity contribution in [2.45, 2.75) is 37.3 Å². The van der Waals surface area contributed by atoms with Crippen LogP contribution in [0.2, 0.25) is 5.02 Å². The van der Waals surface area contributed by atoms with Gasteiger partial charge in [-0.15, -0.1) is 0 Å². The molecule has 1 aliphatic rings. The molecule has 3 rings (SSSR count). The number of alkyl halides is 2. The summed E-state index contributed by atoms with van der Waals surface area (Å²) in [5.41, 5.74) is 6.46. The Morgan fingerprint density at radius 3 is 2.48 bits per heavy atom. The van der Waals surface area contributed by atoms with E-state index in [0.717, 1.165) is 6.07 Å². The van der Waals surface area contributed by atoms with Crippen LogP contribution in [0.1, 0.15) is 30.0 Å². The third-order valence-corrected chi connectivity index (χ3v) is 6.13. The minimum Gasteiger partial charge on any atom is -0.344 e. The normalized spacial score (nSPS) is 17.7. The number of halogens is 6. The molecule has 2 N–H and O–H groups in total. The molecule has 1 fully saturated rings. The van der Waals surface area contributed by atoms with Crippen LogP contribution in [0, 0.1) is 17.5 Å². The zero-order valence-electron chi connectivity index (χ0n) is 18.0. The Balaban J connectivity index is 1.69. The van der Waals surface area contributed by atoms with Crippen molar-refractivity contribution in [3.63, 3.8) is 0 Å². The number of nitrogens with two attached hydrogens (primary N) is 1. The molecule has 2 aromatic carbocycles. The molecule has 0 spiro atoms. The van der Waals surface area contributed by atoms with Gasteiger partial charge in [0.25, 0.3) is 5.92 Å². The number of amides is 1. The lowest BCUT2D eigenvalue weighted by Gasteiger charge is -2.32. The number of carbonyl (C=O) groups excluding carboxylic acids is 1. The third kappa shape index (κ3) is 6.43. The van der Waals surface area contributed by atoms with Crippen LogP contribution < -0.4 is 5.73 Å². The molecule has 2 atom stereocenters. The summed E-state index contributed by atoms with van der Waals surface area (Å²) in [5, 5.41) is 0.407. The molecule has 0 aliphatic carbocycles. The lowest BCUT2D eigenvalue weighted by Crippen LogP contribution is -2.41. The number of rotatable bonds is 8. The van der Waals surface area contributed by atoms with Crippen LogP contribution in [0.15, 0.2) is 36.4 Å². The first-order chi connectivity index (χ1) is 15.5. The van der Waals surface area contributed by atoms with Crippen molar-refractivity contribution >= 4 is 17.5 Å². The van der Waals surface area contributed by atoms with E-state index in [0.29, 0.717) is 16.7 Å². The Morgan fingerprint density at radius 2 is 1.85 bits per heavy atom. The highest BCUT2D eigenvalue weighted by atomic mass is 35.5. The van der Waals surface area contributed by atoms with Gasteiger partial charge in [-0.25, -0.2) is 22.0 Å². The number of nitrogens with zero attached hydrogens (tertiary/aromatic N) is 2. The van der Waals surface area contributed by atoms with Gasteiger partial charge in [0.05, 0.1) is 12.6 Å². The molecule has 4 nitrogen and oxygen atoms in total. The predicted molar refractivity (Wildman–Crippen MR) is 116 cm³/mol. The van der Waals surface area contributed by atoms with E-state index in [4.69, 9.17) is 17.3 Å². The number of benzene rings is 2. The van der Waals surface area contributed by atoms with Gasteiger partial charge >= 0.3 is 0 Å². The molecule has 1 amide bonds. The number of hydrogen-bond acceptors (Lipinski definition) is 3. The number of likely N-dealkylation sites (tertiary alicyclic amines) is 1. The van der Waals surface area contributed by atoms with Crippen LogP contribution >= 0.6 is 11.6 Å². The van der Waals surface area contributed by atoms with Crippen LogP contribution in [-0.2, 0) is 11.2 Å². The maximum atomic E-state index is 13.9. The highest BCUT2D eigenvalue weighted by molar-refractivity contribution is 6.31. The molecule has 0 aromatic heterocycles. The number of likely N-dealkylation sites (N-methyl/N-ethyl adjacent to an activating group) is 1. The second kappa shape index (κ2) is 10.4. The molecule has 10 heteroatoms. The first kappa shape index (κ1) is 25.4. The van der Waals surface area contributed by atoms with E-state index in [1.165, 1.54) is 11.9 Å². The summed E-state index contributed by atoms with van der Waals surface area (Å²) in [6.07, 6.45) is -0.647. The van der Waals surface area contributed by atoms with E-state index in [1.807, 2.05) is 0 Å². The highest BCUT2D eigenvalue weighted by Gasteiger charge is 2.42. The maximum absolute atomic E-state index is 13.9. The summed E-state index contributed by atoms with van der Waals surface area (Å²) in [6.45, 7) is -0.204. The van der Waals surface area contributed by atoms with Gasteiger partial charge in [-0.3, -0.25) is 9.69 Å². The molecule has 1 aliphatic heterocycles. The van der Waals surface area contributed by atoms with Crippen molar-refractivity contribution in [3.8, 4) is 0 Å². The van der Waals surface area contributed by atoms with Gasteiger partial charge in [0.1, 0.15) is 5.82 Å². The molecule has 1 unspecified atom stereocenters. The number of carbonyl (C=O) groups is 1. The van der Waals surface area contributed by atoms with Crippen molar-refractivity contribution in [1.29, 1.82) is 0 Å². The smallest absolute Gasteiger partial charge is 0.261 e. The van der Waals surface area contributed by atoms with Crippen LogP contribution in [0.3, 0.4) is 0 Å². The van der Waals surface area contributed by atoms with E-state index < -0.39 is 47.9 Å². The molecular formula is C23H25ClF5N3O. The quantitative estimate of drug-likeness (QED) is 0.437. The average Bonchev–Trinajstić information content (AvgIpc) is 3.10. The van der Waals surface area contributed by atoms with E-state index in [1.54, 1.807) is 29.2 Å². The van der Waals surface area contributed by atoms with Crippen LogP contribution in [0.4, 0.5) is 22.0 Å². The van der Waals surface area contributed by atoms with Gasteiger partial charge in [-0.2, -0.15) is 0 Å². The van der Waals surface area contributed by atoms with Crippen LogP contribution in [0.5, 0.6) is 0 Å². The fraction of sp³-hybridized carbons (Fsp3) is 0.435. The van der Waals surface area contributed by atoms with Gasteiger partial charge in [0.2, 0.25) is 5.91 Å². The first-order valence-corrected chi connectivity index (χ1v) is 10.8. The van der Waals surface area contributed by atoms with Crippen LogP contribution in [-0.4, -0.2) is 54.4 Å². The Kier molecular flexibility index (Phi) is 7.97. The van der Waals surface area contributed by atoms with Crippen molar-refractivity contribution in [1.82, 2.24) is 9.80 Å². The molecule has 1 saturated heterocycles. The monoisotopic (exact) mass is 489 g/mol. The Hall–Kier alpha value is -2.23. The second-order valence-electron chi connectivity index (χ2n) is 8.41. The Morgan fingerprint density at radius 1 is 1.18 bits per heavy atom. The average molecular weight is 490 g/mol. The van der Waals surface area contributed by atoms with E-state index in [2.05, 4.69) is 0 Å². The fourth-order valence-electron chi connectivity index (χ4n) is 4.00. The summed E-state index contributed by atoms with van der Waals surface area (Å²) in [7, 11) is 1.52. The van der Waals surface area contributed by atoms with E-state index in [9.17, 15) is 26.7 Å². The van der Waals surface area contributed by atoms with Crippen molar-refractivity contribution in [2.24, 2.45) is 5.73 Å². The van der Waals surface area contributed by atoms with E-state index in [-0.39, 0.29) is 37.9 Å². The molecule has 2 aromatic rings. The first-order valence-electron chi connectivity index (χ1n) is 10.5. The molecule has 1 heterocycles. The molecule has 180 valence electrons. The maximum Gasteiger partial charge on any atom is 0.261 e. The van der Waals surface area contributed by atoms with Gasteiger partial charge in [0, 0.05) is 50.1 Å². The minimum atomic E-state index is -2.82. The molecule has 0 radical (unpaired) electrons. The van der Waals surface area contributed by atoms with Gasteiger partial charge < -0.3 is 10.6 Å². The van der Waals surface area contributed by atoms with E-state index >= 15 is 0 Å². The fourth-order valence-corrected chi connectivity index (χ4v) is 4.26. The van der Waals surface area contributed by atoms with Crippen molar-refractivity contribution < 1.29 is 26.7 Å². The van der Waals surface area contributed by atoms with Gasteiger partial charge in [-0.1, -0.05) is 29.8 Å². The highest BCUT2D eigenvalue weighted by Crippen LogP contribution is 2.36. The molecule has 0 saturated carbocycles. The topological polar surface area (TPSA) is 49.6 Å². The summed E-state index contributed by atoms with van der Waals surface area (Å²) in [5.74, 6) is -6.67. The van der Waals surface area contributed by atoms with Gasteiger partial charge in [0.15, 0.2) is 11.6 Å². The largest absolute Gasteiger partial charge is 0.344 e. The summed E-state index contributed by atoms with van der Waals surface area (Å²) < 4.78 is 68.2. The van der Waals surface area contributed by atoms with Gasteiger partial charge in [-0.05, 0) is 29.7 Å². The van der Waals surface area contributed by atoms with Crippen molar-refractivity contribution in [2.75, 3.05) is 26.7 Å². The Bertz CT molecular complexity index is 1010. The summed E-state index contributed by atoms with van der Waals surface area (Å²) in [6, 6.07) is 6.62. The number of hydrogen-bond donors (Lipinski definition) is 1. The Labute approximate surface area is 194 Å². The predicted octanol–water partition coefficient (Wildman–Crippen LogP) is 4.56. The zero-order valence-corrected chi connectivity index (χ0v) is 18.8. The zero-order chi connectivity index (χ0) is 24.3. The lowest BCUT2D eigenvalue weighted by atomic mass is 10.0. The molecule has 0 bridgehead atoms. The molecule has 33 heavy (non-hydrogen) atoms. The standard InChI is InChI=1S/C23H25ClF5N3O/c1-31(22(33)10-15(30)8-14-9-19(26)20(27)11-18(14)25)12-21(16-4-2-3-5-17(16)24)32-7-6-23(28,29)13-32/h2-5,9,11,15,21H,6-8,10,12-13,30H2,1H3/t15-,21?/m1/s1. The lowest BCUT2D eigenvalue weighted by molar-refractivity contribution is -0.131. The van der Waals surface area contributed by atoms with Crippen LogP contribution in [0.25, 0.3) is 0 Å². The summed E-state index contributed by atoms with van der Waals surface area (Å²) in [4.78, 5) is 15.7. The third-order valence-electron chi connectivity index (χ3n) is 5.78. The van der Waals surface area contributed by atoms with Crippen molar-refractivity contribution in [3.05, 3.63) is 70.0 Å². The second-order valence-corrected chi connectivity index (χ2v) is 8.82.